The second-order valence-corrected chi connectivity index (χ2v) is 12.0. The molecule has 12 heteroatoms. The Bertz CT molecular complexity index is 1390. The van der Waals surface area contributed by atoms with Gasteiger partial charge in [-0.25, -0.2) is 0 Å². The van der Waals surface area contributed by atoms with Crippen molar-refractivity contribution in [1.82, 2.24) is 30.4 Å². The van der Waals surface area contributed by atoms with E-state index in [0.717, 1.165) is 62.9 Å². The van der Waals surface area contributed by atoms with Crippen LogP contribution in [0.2, 0.25) is 0 Å². The number of amides is 1. The van der Waals surface area contributed by atoms with Crippen molar-refractivity contribution >= 4 is 18.3 Å². The molecule has 2 aromatic carbocycles. The van der Waals surface area contributed by atoms with Crippen molar-refractivity contribution in [3.63, 3.8) is 0 Å². The van der Waals surface area contributed by atoms with E-state index in [-0.39, 0.29) is 37.5 Å². The minimum atomic E-state index is -4.44. The molecule has 3 heterocycles. The van der Waals surface area contributed by atoms with Crippen LogP contribution in [0, 0.1) is 11.3 Å². The molecule has 1 aromatic heterocycles. The molecule has 0 bridgehead atoms. The number of fused-ring (bicyclic) bond motifs is 1. The minimum Gasteiger partial charge on any atom is -0.473 e. The molecule has 2 atom stereocenters. The highest BCUT2D eigenvalue weighted by molar-refractivity contribution is 5.85. The van der Waals surface area contributed by atoms with Gasteiger partial charge in [0.15, 0.2) is 6.73 Å². The lowest BCUT2D eigenvalue weighted by Gasteiger charge is -2.41. The Kier molecular flexibility index (Phi) is 8.53. The number of alkyl halides is 3. The summed E-state index contributed by atoms with van der Waals surface area (Å²) in [6.45, 7) is 6.29. The molecule has 226 valence electrons. The first-order chi connectivity index (χ1) is 19.6. The van der Waals surface area contributed by atoms with E-state index in [0.29, 0.717) is 29.1 Å². The Morgan fingerprint density at radius 2 is 1.90 bits per heavy atom. The van der Waals surface area contributed by atoms with Crippen molar-refractivity contribution in [2.45, 2.75) is 70.6 Å². The molecule has 1 saturated heterocycles. The third-order valence-electron chi connectivity index (χ3n) is 9.47. The standard InChI is InChI=1S/C30H35F3N6O2.ClH/c1-19(2)29(28(40)39-17-23-15-24(30(31,32)33)6-7-26(23)41-18-39)11-8-25(16-29)38-12-9-20(10-13-38)21-4-3-5-22(14-21)27-34-36-37-35-27;/h3-7,14-15,19-20,25H,8-13,16-18H2,1-2H3,(H,34,35,36,37);1H/t25-,29-;/m1./s1. The van der Waals surface area contributed by atoms with Gasteiger partial charge < -0.3 is 14.5 Å². The quantitative estimate of drug-likeness (QED) is 0.381. The summed E-state index contributed by atoms with van der Waals surface area (Å²) in [5.74, 6) is 1.55. The number of benzene rings is 2. The molecule has 3 aromatic rings. The van der Waals surface area contributed by atoms with Gasteiger partial charge in [0.25, 0.3) is 0 Å². The molecule has 2 fully saturated rings. The smallest absolute Gasteiger partial charge is 0.416 e. The second-order valence-electron chi connectivity index (χ2n) is 12.0. The number of carbonyl (C=O) groups excluding carboxylic acids is 1. The first kappa shape index (κ1) is 30.3. The van der Waals surface area contributed by atoms with Gasteiger partial charge in [0.05, 0.1) is 17.5 Å². The summed E-state index contributed by atoms with van der Waals surface area (Å²) in [4.78, 5) is 18.2. The number of aromatic amines is 1. The lowest BCUT2D eigenvalue weighted by molar-refractivity contribution is -0.150. The van der Waals surface area contributed by atoms with Crippen molar-refractivity contribution in [3.8, 4) is 17.1 Å². The zero-order chi connectivity index (χ0) is 28.8. The van der Waals surface area contributed by atoms with Crippen LogP contribution in [-0.2, 0) is 17.5 Å². The Morgan fingerprint density at radius 3 is 2.60 bits per heavy atom. The number of rotatable bonds is 5. The number of carbonyl (C=O) groups is 1. The van der Waals surface area contributed by atoms with Gasteiger partial charge in [-0.3, -0.25) is 4.79 Å². The number of likely N-dealkylation sites (tertiary alicyclic amines) is 1. The van der Waals surface area contributed by atoms with E-state index in [9.17, 15) is 18.0 Å². The highest BCUT2D eigenvalue weighted by Crippen LogP contribution is 2.49. The number of nitrogens with one attached hydrogen (secondary N) is 1. The van der Waals surface area contributed by atoms with Gasteiger partial charge in [0.2, 0.25) is 11.7 Å². The van der Waals surface area contributed by atoms with Crippen LogP contribution in [0.1, 0.15) is 68.6 Å². The summed E-state index contributed by atoms with van der Waals surface area (Å²) >= 11 is 0. The topological polar surface area (TPSA) is 87.2 Å². The van der Waals surface area contributed by atoms with Crippen LogP contribution < -0.4 is 4.74 Å². The van der Waals surface area contributed by atoms with Crippen molar-refractivity contribution in [3.05, 3.63) is 59.2 Å². The average molecular weight is 605 g/mol. The van der Waals surface area contributed by atoms with E-state index >= 15 is 0 Å². The largest absolute Gasteiger partial charge is 0.473 e. The van der Waals surface area contributed by atoms with Gasteiger partial charge in [0, 0.05) is 17.2 Å². The first-order valence-corrected chi connectivity index (χ1v) is 14.3. The van der Waals surface area contributed by atoms with Crippen LogP contribution in [0.3, 0.4) is 0 Å². The number of ether oxygens (including phenoxy) is 1. The van der Waals surface area contributed by atoms with Crippen molar-refractivity contribution < 1.29 is 22.7 Å². The molecule has 1 amide bonds. The van der Waals surface area contributed by atoms with E-state index in [2.05, 4.69) is 51.5 Å². The van der Waals surface area contributed by atoms with Crippen LogP contribution in [0.4, 0.5) is 13.2 Å². The molecule has 1 saturated carbocycles. The summed E-state index contributed by atoms with van der Waals surface area (Å²) < 4.78 is 45.7. The van der Waals surface area contributed by atoms with Gasteiger partial charge in [0.1, 0.15) is 5.75 Å². The molecule has 0 radical (unpaired) electrons. The van der Waals surface area contributed by atoms with Gasteiger partial charge >= 0.3 is 6.18 Å². The number of H-pyrrole nitrogens is 1. The Labute approximate surface area is 249 Å². The fourth-order valence-electron chi connectivity index (χ4n) is 7.00. The molecule has 1 aliphatic carbocycles. The highest BCUT2D eigenvalue weighted by Gasteiger charge is 2.51. The van der Waals surface area contributed by atoms with E-state index in [1.165, 1.54) is 11.6 Å². The SMILES string of the molecule is CC(C)[C@@]1(C(=O)N2COc3ccc(C(F)(F)F)cc3C2)CC[C@@H](N2CCC(c3cccc(-c4nn[nH]n4)c3)CC2)C1.Cl. The van der Waals surface area contributed by atoms with Crippen LogP contribution in [-0.4, -0.2) is 62.2 Å². The number of nitrogens with zero attached hydrogens (tertiary/aromatic N) is 5. The average Bonchev–Trinajstić information content (AvgIpc) is 3.68. The first-order valence-electron chi connectivity index (χ1n) is 14.3. The van der Waals surface area contributed by atoms with Crippen LogP contribution in [0.25, 0.3) is 11.4 Å². The molecule has 1 N–H and O–H groups in total. The normalized spacial score (nSPS) is 23.4. The number of piperidine rings is 1. The van der Waals surface area contributed by atoms with Crippen LogP contribution >= 0.6 is 12.4 Å². The molecule has 0 spiro atoms. The monoisotopic (exact) mass is 604 g/mol. The molecular formula is C30H36ClF3N6O2. The zero-order valence-corrected chi connectivity index (χ0v) is 24.5. The number of aromatic nitrogens is 4. The van der Waals surface area contributed by atoms with Gasteiger partial charge in [-0.2, -0.15) is 18.4 Å². The predicted molar refractivity (Wildman–Crippen MR) is 153 cm³/mol. The van der Waals surface area contributed by atoms with Crippen molar-refractivity contribution in [1.29, 1.82) is 0 Å². The van der Waals surface area contributed by atoms with Gasteiger partial charge in [-0.1, -0.05) is 32.0 Å². The molecule has 42 heavy (non-hydrogen) atoms. The molecule has 3 aliphatic rings. The maximum absolute atomic E-state index is 14.0. The lowest BCUT2D eigenvalue weighted by Crippen LogP contribution is -2.49. The number of halogens is 4. The molecule has 6 rings (SSSR count). The van der Waals surface area contributed by atoms with E-state index in [1.807, 2.05) is 12.1 Å². The molecule has 8 nitrogen and oxygen atoms in total. The maximum atomic E-state index is 14.0. The Balaban J connectivity index is 0.00000353. The Morgan fingerprint density at radius 1 is 1.12 bits per heavy atom. The predicted octanol–water partition coefficient (Wildman–Crippen LogP) is 6.06. The van der Waals surface area contributed by atoms with Crippen LogP contribution in [0.5, 0.6) is 5.75 Å². The number of hydrogen-bond donors (Lipinski definition) is 1. The second kappa shape index (κ2) is 11.8. The van der Waals surface area contributed by atoms with Gasteiger partial charge in [-0.05, 0) is 92.1 Å². The summed E-state index contributed by atoms with van der Waals surface area (Å²) in [5.41, 5.74) is 1.36. The van der Waals surface area contributed by atoms with E-state index in [1.54, 1.807) is 4.90 Å². The third kappa shape index (κ3) is 5.73. The van der Waals surface area contributed by atoms with Crippen molar-refractivity contribution in [2.75, 3.05) is 19.8 Å². The van der Waals surface area contributed by atoms with Crippen LogP contribution in [0.15, 0.2) is 42.5 Å². The molecular weight excluding hydrogens is 569 g/mol. The zero-order valence-electron chi connectivity index (χ0n) is 23.7. The highest BCUT2D eigenvalue weighted by atomic mass is 35.5. The van der Waals surface area contributed by atoms with E-state index < -0.39 is 17.2 Å². The summed E-state index contributed by atoms with van der Waals surface area (Å²) in [5, 5.41) is 14.4. The van der Waals surface area contributed by atoms with Gasteiger partial charge in [-0.15, -0.1) is 22.6 Å². The summed E-state index contributed by atoms with van der Waals surface area (Å²) in [6.07, 6.45) is 0.0927. The van der Waals surface area contributed by atoms with Crippen molar-refractivity contribution in [2.24, 2.45) is 11.3 Å². The fourth-order valence-corrected chi connectivity index (χ4v) is 7.00. The summed E-state index contributed by atoms with van der Waals surface area (Å²) in [6, 6.07) is 12.2. The maximum Gasteiger partial charge on any atom is 0.416 e. The molecule has 2 aliphatic heterocycles. The Hall–Kier alpha value is -3.18. The lowest BCUT2D eigenvalue weighted by atomic mass is 9.74. The van der Waals surface area contributed by atoms with E-state index in [4.69, 9.17) is 4.74 Å². The number of tetrazole rings is 1. The third-order valence-corrected chi connectivity index (χ3v) is 9.47. The molecule has 0 unspecified atom stereocenters. The summed E-state index contributed by atoms with van der Waals surface area (Å²) in [7, 11) is 0. The fraction of sp³-hybridized carbons (Fsp3) is 0.533. The number of hydrogen-bond acceptors (Lipinski definition) is 6. The minimum absolute atomic E-state index is 0.